The molecule has 6 rings (SSSR count). The first kappa shape index (κ1) is 22.0. The normalized spacial score (nSPS) is 59.0. The quantitative estimate of drug-likeness (QED) is 0.532. The van der Waals surface area contributed by atoms with Crippen LogP contribution in [0.5, 0.6) is 0 Å². The monoisotopic (exact) mass is 446 g/mol. The second-order valence-corrected chi connectivity index (χ2v) is 13.4. The maximum Gasteiger partial charge on any atom is 0.200 e. The first-order valence-corrected chi connectivity index (χ1v) is 13.0. The van der Waals surface area contributed by atoms with E-state index in [4.69, 9.17) is 9.47 Å². The van der Waals surface area contributed by atoms with Crippen LogP contribution in [0.3, 0.4) is 0 Å². The Morgan fingerprint density at radius 1 is 1.06 bits per heavy atom. The minimum Gasteiger partial charge on any atom is -0.393 e. The van der Waals surface area contributed by atoms with E-state index < -0.39 is 23.1 Å². The molecule has 0 spiro atoms. The highest BCUT2D eigenvalue weighted by atomic mass is 16.7. The molecule has 0 aromatic rings. The lowest BCUT2D eigenvalue weighted by atomic mass is 9.46. The van der Waals surface area contributed by atoms with Crippen molar-refractivity contribution < 1.29 is 24.8 Å². The zero-order valence-corrected chi connectivity index (χ0v) is 20.4. The largest absolute Gasteiger partial charge is 0.393 e. The fraction of sp³-hybridized carbons (Fsp3) is 0.926. The number of aliphatic hydroxyl groups is 3. The molecule has 0 amide bonds. The van der Waals surface area contributed by atoms with Crippen molar-refractivity contribution in [3.05, 3.63) is 11.6 Å². The molecule has 2 heterocycles. The van der Waals surface area contributed by atoms with Crippen LogP contribution in [0.25, 0.3) is 0 Å². The SMILES string of the molecule is CC(C)(O)[C@]12C[C@@H](O)[C@](C)(O1)[C@H]1[C@@H](C[C@H]3[C@@H]4CC=C5C[C@@H](O)CC[C@]5(C)[C@H]4CC[C@@]31C)O2. The fourth-order valence-corrected chi connectivity index (χ4v) is 9.80. The summed E-state index contributed by atoms with van der Waals surface area (Å²) in [6.45, 7) is 10.5. The maximum absolute atomic E-state index is 11.2. The molecule has 2 bridgehead atoms. The van der Waals surface area contributed by atoms with E-state index in [-0.39, 0.29) is 29.0 Å². The van der Waals surface area contributed by atoms with Crippen molar-refractivity contribution in [2.24, 2.45) is 34.5 Å². The summed E-state index contributed by atoms with van der Waals surface area (Å²) in [5.74, 6) is 0.817. The van der Waals surface area contributed by atoms with Crippen LogP contribution in [0, 0.1) is 34.5 Å². The molecule has 5 fully saturated rings. The first-order valence-electron chi connectivity index (χ1n) is 13.0. The number of hydrogen-bond acceptors (Lipinski definition) is 5. The van der Waals surface area contributed by atoms with Crippen molar-refractivity contribution in [3.63, 3.8) is 0 Å². The van der Waals surface area contributed by atoms with Gasteiger partial charge in [-0.1, -0.05) is 25.5 Å². The molecule has 0 unspecified atom stereocenters. The highest BCUT2D eigenvalue weighted by Crippen LogP contribution is 2.71. The van der Waals surface area contributed by atoms with Crippen LogP contribution in [0.2, 0.25) is 0 Å². The summed E-state index contributed by atoms with van der Waals surface area (Å²) in [7, 11) is 0. The van der Waals surface area contributed by atoms with Crippen LogP contribution in [0.4, 0.5) is 0 Å². The molecule has 32 heavy (non-hydrogen) atoms. The third kappa shape index (κ3) is 2.53. The third-order valence-electron chi connectivity index (χ3n) is 11.5. The van der Waals surface area contributed by atoms with Gasteiger partial charge in [-0.25, -0.2) is 0 Å². The van der Waals surface area contributed by atoms with Gasteiger partial charge in [0.15, 0.2) is 5.79 Å². The molecule has 6 aliphatic rings. The Morgan fingerprint density at radius 3 is 2.53 bits per heavy atom. The van der Waals surface area contributed by atoms with E-state index in [1.807, 2.05) is 0 Å². The summed E-state index contributed by atoms with van der Waals surface area (Å²) in [5, 5.41) is 32.5. The minimum atomic E-state index is -1.17. The molecular formula is C27H42O5. The van der Waals surface area contributed by atoms with Gasteiger partial charge in [-0.3, -0.25) is 0 Å². The van der Waals surface area contributed by atoms with Crippen molar-refractivity contribution in [2.75, 3.05) is 0 Å². The van der Waals surface area contributed by atoms with Crippen LogP contribution in [0.15, 0.2) is 11.6 Å². The molecular weight excluding hydrogens is 404 g/mol. The van der Waals surface area contributed by atoms with Gasteiger partial charge in [0.25, 0.3) is 0 Å². The number of allylic oxidation sites excluding steroid dienone is 1. The van der Waals surface area contributed by atoms with Crippen molar-refractivity contribution in [2.45, 2.75) is 121 Å². The molecule has 3 saturated carbocycles. The first-order chi connectivity index (χ1) is 14.8. The van der Waals surface area contributed by atoms with Crippen LogP contribution in [0.1, 0.15) is 86.0 Å². The van der Waals surface area contributed by atoms with Gasteiger partial charge in [0, 0.05) is 12.3 Å². The molecule has 5 nitrogen and oxygen atoms in total. The molecule has 0 aromatic heterocycles. The predicted octanol–water partition coefficient (Wildman–Crippen LogP) is 3.94. The molecule has 3 N–H and O–H groups in total. The van der Waals surface area contributed by atoms with Gasteiger partial charge in [0.1, 0.15) is 11.2 Å². The highest BCUT2D eigenvalue weighted by molar-refractivity contribution is 5.27. The van der Waals surface area contributed by atoms with Gasteiger partial charge in [0.05, 0.1) is 18.3 Å². The van der Waals surface area contributed by atoms with Gasteiger partial charge in [-0.2, -0.15) is 0 Å². The zero-order chi connectivity index (χ0) is 22.9. The molecule has 180 valence electrons. The summed E-state index contributed by atoms with van der Waals surface area (Å²) >= 11 is 0. The average molecular weight is 447 g/mol. The van der Waals surface area contributed by atoms with Crippen LogP contribution < -0.4 is 0 Å². The Balaban J connectivity index is 1.37. The Hall–Kier alpha value is -0.460. The highest BCUT2D eigenvalue weighted by Gasteiger charge is 2.75. The number of fused-ring (bicyclic) bond motifs is 10. The van der Waals surface area contributed by atoms with Gasteiger partial charge >= 0.3 is 0 Å². The Kier molecular flexibility index (Phi) is 4.40. The Morgan fingerprint density at radius 2 is 1.81 bits per heavy atom. The molecule has 0 radical (unpaired) electrons. The standard InChI is InChI=1S/C27H42O5/c1-23(2,30)27-14-21(29)26(5,32-27)22-20(31-27)13-19-17-7-6-15-12-16(28)8-10-24(15,3)18(17)9-11-25(19,22)4/h6,16-22,28-30H,7-14H2,1-5H3/t16-,17+,18-,19-,20+,21+,22-,24-,25-,26-,27-/m0/s1. The number of rotatable bonds is 1. The van der Waals surface area contributed by atoms with E-state index in [1.165, 1.54) is 12.0 Å². The van der Waals surface area contributed by atoms with Crippen LogP contribution in [-0.4, -0.2) is 50.6 Å². The summed E-state index contributed by atoms with van der Waals surface area (Å²) in [4.78, 5) is 0. The molecule has 0 aromatic carbocycles. The lowest BCUT2D eigenvalue weighted by Gasteiger charge is -2.59. The van der Waals surface area contributed by atoms with Gasteiger partial charge in [-0.05, 0) is 94.3 Å². The molecule has 4 aliphatic carbocycles. The average Bonchev–Trinajstić information content (AvgIpc) is 3.11. The van der Waals surface area contributed by atoms with Crippen LogP contribution in [-0.2, 0) is 9.47 Å². The summed E-state index contributed by atoms with van der Waals surface area (Å²) in [5.41, 5.74) is -0.0853. The van der Waals surface area contributed by atoms with Crippen molar-refractivity contribution in [3.8, 4) is 0 Å². The summed E-state index contributed by atoms with van der Waals surface area (Å²) in [6.07, 6.45) is 9.29. The molecule has 2 saturated heterocycles. The number of ether oxygens (including phenoxy) is 2. The number of hydrogen-bond donors (Lipinski definition) is 3. The van der Waals surface area contributed by atoms with Gasteiger partial charge in [-0.15, -0.1) is 0 Å². The maximum atomic E-state index is 11.2. The summed E-state index contributed by atoms with van der Waals surface area (Å²) in [6, 6.07) is 0. The second-order valence-electron chi connectivity index (χ2n) is 13.4. The van der Waals surface area contributed by atoms with Crippen LogP contribution >= 0.6 is 0 Å². The Bertz CT molecular complexity index is 847. The predicted molar refractivity (Wildman–Crippen MR) is 121 cm³/mol. The fourth-order valence-electron chi connectivity index (χ4n) is 9.80. The van der Waals surface area contributed by atoms with E-state index in [1.54, 1.807) is 13.8 Å². The van der Waals surface area contributed by atoms with E-state index >= 15 is 0 Å². The lowest BCUT2D eigenvalue weighted by Crippen LogP contribution is -2.63. The lowest BCUT2D eigenvalue weighted by molar-refractivity contribution is -0.384. The van der Waals surface area contributed by atoms with Gasteiger partial charge < -0.3 is 24.8 Å². The number of aliphatic hydroxyl groups excluding tert-OH is 2. The smallest absolute Gasteiger partial charge is 0.200 e. The molecule has 11 atom stereocenters. The van der Waals surface area contributed by atoms with E-state index in [2.05, 4.69) is 26.8 Å². The Labute approximate surface area is 192 Å². The zero-order valence-electron chi connectivity index (χ0n) is 20.4. The van der Waals surface area contributed by atoms with Gasteiger partial charge in [0.2, 0.25) is 0 Å². The van der Waals surface area contributed by atoms with Crippen molar-refractivity contribution in [1.82, 2.24) is 0 Å². The van der Waals surface area contributed by atoms with Crippen molar-refractivity contribution in [1.29, 1.82) is 0 Å². The summed E-state index contributed by atoms with van der Waals surface area (Å²) < 4.78 is 13.3. The molecule has 2 aliphatic heterocycles. The van der Waals surface area contributed by atoms with E-state index in [0.717, 1.165) is 38.5 Å². The van der Waals surface area contributed by atoms with E-state index in [9.17, 15) is 15.3 Å². The third-order valence-corrected chi connectivity index (χ3v) is 11.5. The minimum absolute atomic E-state index is 0.0115. The van der Waals surface area contributed by atoms with E-state index in [0.29, 0.717) is 24.2 Å². The topological polar surface area (TPSA) is 79.2 Å². The molecule has 5 heteroatoms. The second kappa shape index (κ2) is 6.40. The van der Waals surface area contributed by atoms with Crippen molar-refractivity contribution >= 4 is 0 Å².